The molecule has 4 heteroatoms. The number of hydrogen-bond donors (Lipinski definition) is 0. The number of aromatic nitrogens is 1. The molecule has 2 aromatic heterocycles. The van der Waals surface area contributed by atoms with E-state index in [0.717, 1.165) is 46.6 Å². The summed E-state index contributed by atoms with van der Waals surface area (Å²) in [6, 6.07) is 4.23. The molecule has 3 nitrogen and oxygen atoms in total. The van der Waals surface area contributed by atoms with E-state index < -0.39 is 0 Å². The van der Waals surface area contributed by atoms with Crippen molar-refractivity contribution in [3.8, 4) is 11.1 Å². The van der Waals surface area contributed by atoms with Gasteiger partial charge in [0.15, 0.2) is 6.29 Å². The van der Waals surface area contributed by atoms with Gasteiger partial charge in [0.1, 0.15) is 11.1 Å². The number of nitrogens with zero attached hydrogens (tertiary/aromatic N) is 2. The maximum absolute atomic E-state index is 11.1. The molecule has 0 atom stereocenters. The fourth-order valence-corrected chi connectivity index (χ4v) is 4.04. The lowest BCUT2D eigenvalue weighted by Crippen LogP contribution is -2.00. The van der Waals surface area contributed by atoms with E-state index in [9.17, 15) is 10.1 Å². The van der Waals surface area contributed by atoms with E-state index in [1.54, 1.807) is 11.3 Å². The van der Waals surface area contributed by atoms with Crippen LogP contribution in [-0.4, -0.2) is 10.9 Å². The summed E-state index contributed by atoms with van der Waals surface area (Å²) in [6.45, 7) is 8.09. The third kappa shape index (κ3) is 2.08. The average molecular weight is 286 g/mol. The Labute approximate surface area is 123 Å². The first kappa shape index (κ1) is 14.5. The number of aldehydes is 1. The lowest BCUT2D eigenvalue weighted by molar-refractivity contribution is 0.112. The van der Waals surface area contributed by atoms with Crippen molar-refractivity contribution in [1.29, 1.82) is 5.26 Å². The molecule has 2 rings (SSSR count). The minimum atomic E-state index is 0.691. The van der Waals surface area contributed by atoms with Crippen molar-refractivity contribution in [2.24, 2.45) is 0 Å². The molecule has 0 fully saturated rings. The van der Waals surface area contributed by atoms with E-state index in [1.807, 2.05) is 24.5 Å². The highest BCUT2D eigenvalue weighted by molar-refractivity contribution is 7.15. The molecule has 0 N–H and O–H groups in total. The Hall–Kier alpha value is -1.86. The van der Waals surface area contributed by atoms with Gasteiger partial charge in [0, 0.05) is 21.8 Å². The standard InChI is InChI=1S/C16H18N2OS/c1-5-13-14(8-17)16(20-15(13)6-2)18-10(3)7-12(9-19)11(18)4/h7,9H,5-6H2,1-4H3. The summed E-state index contributed by atoms with van der Waals surface area (Å²) in [5.74, 6) is 0. The molecule has 0 radical (unpaired) electrons. The highest BCUT2D eigenvalue weighted by atomic mass is 32.1. The van der Waals surface area contributed by atoms with Crippen molar-refractivity contribution in [2.45, 2.75) is 40.5 Å². The van der Waals surface area contributed by atoms with Gasteiger partial charge < -0.3 is 4.57 Å². The first-order valence-corrected chi connectivity index (χ1v) is 7.59. The monoisotopic (exact) mass is 286 g/mol. The van der Waals surface area contributed by atoms with Crippen LogP contribution >= 0.6 is 11.3 Å². The van der Waals surface area contributed by atoms with Crippen LogP contribution in [0.2, 0.25) is 0 Å². The van der Waals surface area contributed by atoms with Crippen LogP contribution in [0.15, 0.2) is 6.07 Å². The quantitative estimate of drug-likeness (QED) is 0.798. The molecular weight excluding hydrogens is 268 g/mol. The van der Waals surface area contributed by atoms with Crippen molar-refractivity contribution in [2.75, 3.05) is 0 Å². The first-order valence-electron chi connectivity index (χ1n) is 6.78. The normalized spacial score (nSPS) is 10.6. The Kier molecular flexibility index (Phi) is 4.10. The SMILES string of the molecule is CCc1sc(-n2c(C)cc(C=O)c2C)c(C#N)c1CC. The largest absolute Gasteiger partial charge is 0.308 e. The van der Waals surface area contributed by atoms with Crippen LogP contribution in [0.5, 0.6) is 0 Å². The molecule has 0 saturated heterocycles. The van der Waals surface area contributed by atoms with Crippen molar-refractivity contribution in [3.63, 3.8) is 0 Å². The fraction of sp³-hybridized carbons (Fsp3) is 0.375. The molecule has 0 unspecified atom stereocenters. The zero-order chi connectivity index (χ0) is 14.9. The molecular formula is C16H18N2OS. The second-order valence-corrected chi connectivity index (χ2v) is 5.87. The van der Waals surface area contributed by atoms with E-state index in [2.05, 4.69) is 19.9 Å². The van der Waals surface area contributed by atoms with Crippen LogP contribution in [0.1, 0.15) is 51.6 Å². The molecule has 20 heavy (non-hydrogen) atoms. The van der Waals surface area contributed by atoms with Gasteiger partial charge in [0.2, 0.25) is 0 Å². The summed E-state index contributed by atoms with van der Waals surface area (Å²) >= 11 is 1.67. The molecule has 2 heterocycles. The van der Waals surface area contributed by atoms with Crippen molar-refractivity contribution in [3.05, 3.63) is 39.0 Å². The second kappa shape index (κ2) is 5.64. The predicted octanol–water partition coefficient (Wildman–Crippen LogP) is 3.96. The lowest BCUT2D eigenvalue weighted by atomic mass is 10.1. The number of nitriles is 1. The fourth-order valence-electron chi connectivity index (χ4n) is 2.65. The molecule has 0 aliphatic rings. The predicted molar refractivity (Wildman–Crippen MR) is 82.0 cm³/mol. The second-order valence-electron chi connectivity index (χ2n) is 4.78. The molecule has 0 aliphatic heterocycles. The van der Waals surface area contributed by atoms with Crippen LogP contribution in [0, 0.1) is 25.2 Å². The molecule has 2 aromatic rings. The minimum Gasteiger partial charge on any atom is -0.308 e. The van der Waals surface area contributed by atoms with Crippen molar-refractivity contribution >= 4 is 17.6 Å². The molecule has 0 amide bonds. The molecule has 0 aromatic carbocycles. The van der Waals surface area contributed by atoms with E-state index in [-0.39, 0.29) is 0 Å². The zero-order valence-electron chi connectivity index (χ0n) is 12.3. The van der Waals surface area contributed by atoms with Gasteiger partial charge in [0.25, 0.3) is 0 Å². The van der Waals surface area contributed by atoms with Crippen molar-refractivity contribution in [1.82, 2.24) is 4.57 Å². The molecule has 0 aliphatic carbocycles. The van der Waals surface area contributed by atoms with Gasteiger partial charge in [-0.1, -0.05) is 13.8 Å². The maximum atomic E-state index is 11.1. The molecule has 0 bridgehead atoms. The maximum Gasteiger partial charge on any atom is 0.151 e. The zero-order valence-corrected chi connectivity index (χ0v) is 13.1. The summed E-state index contributed by atoms with van der Waals surface area (Å²) in [5, 5.41) is 10.5. The molecule has 0 saturated carbocycles. The van der Waals surface area contributed by atoms with E-state index in [1.165, 1.54) is 4.88 Å². The van der Waals surface area contributed by atoms with E-state index >= 15 is 0 Å². The first-order chi connectivity index (χ1) is 9.58. The van der Waals surface area contributed by atoms with Crippen LogP contribution in [-0.2, 0) is 12.8 Å². The lowest BCUT2D eigenvalue weighted by Gasteiger charge is -2.07. The van der Waals surface area contributed by atoms with Crippen LogP contribution in [0.4, 0.5) is 0 Å². The van der Waals surface area contributed by atoms with Gasteiger partial charge in [-0.2, -0.15) is 5.26 Å². The Bertz CT molecular complexity index is 701. The summed E-state index contributed by atoms with van der Waals surface area (Å²) in [7, 11) is 0. The minimum absolute atomic E-state index is 0.691. The highest BCUT2D eigenvalue weighted by Gasteiger charge is 2.20. The number of carbonyl (C=O) groups is 1. The Morgan fingerprint density at radius 1 is 1.35 bits per heavy atom. The third-order valence-corrected chi connectivity index (χ3v) is 5.02. The van der Waals surface area contributed by atoms with E-state index in [0.29, 0.717) is 5.56 Å². The summed E-state index contributed by atoms with van der Waals surface area (Å²) in [4.78, 5) is 12.4. The van der Waals surface area contributed by atoms with E-state index in [4.69, 9.17) is 0 Å². The van der Waals surface area contributed by atoms with Crippen molar-refractivity contribution < 1.29 is 4.79 Å². The summed E-state index contributed by atoms with van der Waals surface area (Å²) in [5.41, 5.74) is 4.49. The molecule has 0 spiro atoms. The Morgan fingerprint density at radius 3 is 2.50 bits per heavy atom. The van der Waals surface area contributed by atoms with Crippen LogP contribution < -0.4 is 0 Å². The molecule has 104 valence electrons. The Morgan fingerprint density at radius 2 is 2.05 bits per heavy atom. The van der Waals surface area contributed by atoms with Gasteiger partial charge >= 0.3 is 0 Å². The number of hydrogen-bond acceptors (Lipinski definition) is 3. The number of thiophene rings is 1. The average Bonchev–Trinajstić information content (AvgIpc) is 2.94. The number of carbonyl (C=O) groups excluding carboxylic acids is 1. The van der Waals surface area contributed by atoms with Gasteiger partial charge in [0.05, 0.1) is 5.56 Å². The van der Waals surface area contributed by atoms with Crippen LogP contribution in [0.3, 0.4) is 0 Å². The number of aryl methyl sites for hydroxylation is 2. The van der Waals surface area contributed by atoms with Crippen LogP contribution in [0.25, 0.3) is 5.00 Å². The van der Waals surface area contributed by atoms with Gasteiger partial charge in [-0.3, -0.25) is 4.79 Å². The summed E-state index contributed by atoms with van der Waals surface area (Å²) in [6.07, 6.45) is 2.67. The Balaban J connectivity index is 2.77. The van der Waals surface area contributed by atoms with Gasteiger partial charge in [-0.25, -0.2) is 0 Å². The summed E-state index contributed by atoms with van der Waals surface area (Å²) < 4.78 is 2.03. The van der Waals surface area contributed by atoms with Gasteiger partial charge in [-0.05, 0) is 38.3 Å². The highest BCUT2D eigenvalue weighted by Crippen LogP contribution is 2.34. The van der Waals surface area contributed by atoms with Gasteiger partial charge in [-0.15, -0.1) is 11.3 Å². The topological polar surface area (TPSA) is 45.8 Å². The smallest absolute Gasteiger partial charge is 0.151 e. The number of rotatable bonds is 4. The third-order valence-electron chi connectivity index (χ3n) is 3.66.